The van der Waals surface area contributed by atoms with Crippen LogP contribution in [0.2, 0.25) is 0 Å². The molecule has 126 valence electrons. The molecule has 1 fully saturated rings. The zero-order chi connectivity index (χ0) is 15.7. The summed E-state index contributed by atoms with van der Waals surface area (Å²) in [4.78, 5) is 26.4. The van der Waals surface area contributed by atoms with E-state index < -0.39 is 30.8 Å². The molecule has 0 radical (unpaired) electrons. The van der Waals surface area contributed by atoms with Crippen LogP contribution in [-0.2, 0) is 11.3 Å². The van der Waals surface area contributed by atoms with Crippen molar-refractivity contribution >= 4 is 29.3 Å². The van der Waals surface area contributed by atoms with E-state index >= 15 is 0 Å². The van der Waals surface area contributed by atoms with Crippen LogP contribution < -0.4 is 16.3 Å². The lowest BCUT2D eigenvalue weighted by molar-refractivity contribution is -0.123. The second-order valence-corrected chi connectivity index (χ2v) is 5.38. The van der Waals surface area contributed by atoms with E-state index in [2.05, 4.69) is 15.6 Å². The van der Waals surface area contributed by atoms with Crippen LogP contribution in [0.4, 0.5) is 8.78 Å². The number of benzene rings is 1. The Bertz CT molecular complexity index is 759. The van der Waals surface area contributed by atoms with E-state index in [1.807, 2.05) is 12.1 Å². The van der Waals surface area contributed by atoms with Crippen molar-refractivity contribution in [3.05, 3.63) is 34.7 Å². The van der Waals surface area contributed by atoms with Gasteiger partial charge in [-0.05, 0) is 12.1 Å². The Morgan fingerprint density at radius 3 is 2.83 bits per heavy atom. The third kappa shape index (κ3) is 3.70. The monoisotopic (exact) mass is 346 g/mol. The van der Waals surface area contributed by atoms with Gasteiger partial charge in [0.25, 0.3) is 5.92 Å². The molecule has 1 aromatic carbocycles. The van der Waals surface area contributed by atoms with Gasteiger partial charge in [-0.1, -0.05) is 12.1 Å². The van der Waals surface area contributed by atoms with Gasteiger partial charge in [0.2, 0.25) is 5.91 Å². The van der Waals surface area contributed by atoms with Gasteiger partial charge in [0.1, 0.15) is 0 Å². The van der Waals surface area contributed by atoms with Crippen molar-refractivity contribution in [1.82, 2.24) is 20.2 Å². The molecule has 2 heterocycles. The van der Waals surface area contributed by atoms with E-state index in [0.717, 1.165) is 11.0 Å². The number of H-pyrrole nitrogens is 1. The Labute approximate surface area is 136 Å². The maximum atomic E-state index is 13.0. The molecule has 2 aromatic rings. The Morgan fingerprint density at radius 1 is 1.39 bits per heavy atom. The van der Waals surface area contributed by atoms with E-state index in [0.29, 0.717) is 0 Å². The zero-order valence-electron chi connectivity index (χ0n) is 12.1. The first kappa shape index (κ1) is 17.4. The number of carbonyl (C=O) groups excluding carboxylic acids is 1. The zero-order valence-corrected chi connectivity index (χ0v) is 13.0. The second kappa shape index (κ2) is 6.67. The molecule has 23 heavy (non-hydrogen) atoms. The van der Waals surface area contributed by atoms with Gasteiger partial charge in [-0.3, -0.25) is 14.7 Å². The molecule has 0 aliphatic carbocycles. The maximum Gasteiger partial charge on any atom is 0.326 e. The number of alkyl halides is 2. The van der Waals surface area contributed by atoms with Crippen LogP contribution >= 0.6 is 12.4 Å². The first-order chi connectivity index (χ1) is 10.5. The fraction of sp³-hybridized carbons (Fsp3) is 0.429. The van der Waals surface area contributed by atoms with Gasteiger partial charge in [0.05, 0.1) is 23.6 Å². The number of fused-ring (bicyclic) bond motifs is 1. The third-order valence-corrected chi connectivity index (χ3v) is 3.74. The van der Waals surface area contributed by atoms with Gasteiger partial charge in [-0.25, -0.2) is 13.6 Å². The van der Waals surface area contributed by atoms with Crippen molar-refractivity contribution in [3.63, 3.8) is 0 Å². The van der Waals surface area contributed by atoms with Gasteiger partial charge < -0.3 is 10.3 Å². The minimum atomic E-state index is -2.84. The minimum absolute atomic E-state index is 0. The molecule has 0 saturated carbocycles. The molecule has 1 unspecified atom stereocenters. The molecular weight excluding hydrogens is 330 g/mol. The molecule has 3 rings (SSSR count). The van der Waals surface area contributed by atoms with E-state index in [4.69, 9.17) is 0 Å². The topological polar surface area (TPSA) is 78.9 Å². The summed E-state index contributed by atoms with van der Waals surface area (Å²) in [6, 6.07) is 6.34. The number of amides is 1. The smallest absolute Gasteiger partial charge is 0.326 e. The average Bonchev–Trinajstić information content (AvgIpc) is 2.99. The number of para-hydroxylation sites is 2. The number of nitrogens with one attached hydrogen (secondary N) is 3. The summed E-state index contributed by atoms with van der Waals surface area (Å²) in [5.41, 5.74) is 1.20. The Balaban J connectivity index is 0.00000192. The van der Waals surface area contributed by atoms with Crippen LogP contribution in [0, 0.1) is 0 Å². The van der Waals surface area contributed by atoms with E-state index in [1.54, 1.807) is 12.1 Å². The summed E-state index contributed by atoms with van der Waals surface area (Å²) in [5, 5.41) is 5.08. The van der Waals surface area contributed by atoms with Crippen LogP contribution in [0.1, 0.15) is 6.42 Å². The number of aromatic amines is 1. The highest BCUT2D eigenvalue weighted by molar-refractivity contribution is 5.85. The number of rotatable bonds is 4. The van der Waals surface area contributed by atoms with Crippen LogP contribution in [0.25, 0.3) is 11.0 Å². The van der Waals surface area contributed by atoms with Crippen LogP contribution in [0.15, 0.2) is 29.1 Å². The first-order valence-corrected chi connectivity index (χ1v) is 7.03. The van der Waals surface area contributed by atoms with E-state index in [9.17, 15) is 18.4 Å². The summed E-state index contributed by atoms with van der Waals surface area (Å²) in [6.45, 7) is -0.00493. The lowest BCUT2D eigenvalue weighted by Gasteiger charge is -2.11. The van der Waals surface area contributed by atoms with Crippen molar-refractivity contribution in [2.75, 3.05) is 13.1 Å². The number of aromatic nitrogens is 2. The number of imidazole rings is 1. The largest absolute Gasteiger partial charge is 0.353 e. The van der Waals surface area contributed by atoms with Crippen LogP contribution in [-0.4, -0.2) is 40.5 Å². The van der Waals surface area contributed by atoms with Gasteiger partial charge >= 0.3 is 5.69 Å². The lowest BCUT2D eigenvalue weighted by Crippen LogP contribution is -2.42. The number of hydrogen-bond donors (Lipinski definition) is 3. The predicted molar refractivity (Wildman–Crippen MR) is 84.2 cm³/mol. The lowest BCUT2D eigenvalue weighted by atomic mass is 10.2. The van der Waals surface area contributed by atoms with E-state index in [-0.39, 0.29) is 31.2 Å². The quantitative estimate of drug-likeness (QED) is 0.768. The fourth-order valence-corrected chi connectivity index (χ4v) is 2.64. The molecule has 1 aromatic heterocycles. The molecule has 1 amide bonds. The average molecular weight is 347 g/mol. The SMILES string of the molecule is Cl.O=C(NCCn1c(=O)[nH]c2ccccc21)C1CC(F)(F)CN1. The number of carbonyl (C=O) groups is 1. The van der Waals surface area contributed by atoms with Crippen molar-refractivity contribution < 1.29 is 13.6 Å². The number of halogens is 3. The van der Waals surface area contributed by atoms with Crippen molar-refractivity contribution in [1.29, 1.82) is 0 Å². The van der Waals surface area contributed by atoms with Gasteiger partial charge in [-0.2, -0.15) is 0 Å². The van der Waals surface area contributed by atoms with Crippen molar-refractivity contribution in [2.45, 2.75) is 24.9 Å². The maximum absolute atomic E-state index is 13.0. The Kier molecular flexibility index (Phi) is 5.06. The van der Waals surface area contributed by atoms with E-state index in [1.165, 1.54) is 4.57 Å². The van der Waals surface area contributed by atoms with Gasteiger partial charge in [0, 0.05) is 19.5 Å². The summed E-state index contributed by atoms with van der Waals surface area (Å²) in [7, 11) is 0. The van der Waals surface area contributed by atoms with Crippen molar-refractivity contribution in [2.24, 2.45) is 0 Å². The summed E-state index contributed by atoms with van der Waals surface area (Å²) in [5.74, 6) is -3.31. The normalized spacial score (nSPS) is 19.5. The highest BCUT2D eigenvalue weighted by Gasteiger charge is 2.42. The van der Waals surface area contributed by atoms with Crippen LogP contribution in [0.5, 0.6) is 0 Å². The molecule has 1 aliphatic rings. The molecule has 3 N–H and O–H groups in total. The van der Waals surface area contributed by atoms with Gasteiger partial charge in [-0.15, -0.1) is 12.4 Å². The third-order valence-electron chi connectivity index (χ3n) is 3.74. The first-order valence-electron chi connectivity index (χ1n) is 7.03. The second-order valence-electron chi connectivity index (χ2n) is 5.38. The summed E-state index contributed by atoms with van der Waals surface area (Å²) >= 11 is 0. The van der Waals surface area contributed by atoms with Crippen molar-refractivity contribution in [3.8, 4) is 0 Å². The Morgan fingerprint density at radius 2 is 2.13 bits per heavy atom. The highest BCUT2D eigenvalue weighted by Crippen LogP contribution is 2.24. The molecule has 1 atom stereocenters. The number of nitrogens with zero attached hydrogens (tertiary/aromatic N) is 1. The molecular formula is C14H17ClF2N4O2. The molecule has 1 saturated heterocycles. The molecule has 6 nitrogen and oxygen atoms in total. The molecule has 1 aliphatic heterocycles. The summed E-state index contributed by atoms with van der Waals surface area (Å²) < 4.78 is 27.6. The molecule has 0 spiro atoms. The van der Waals surface area contributed by atoms with Crippen LogP contribution in [0.3, 0.4) is 0 Å². The fourth-order valence-electron chi connectivity index (χ4n) is 2.64. The molecule has 9 heteroatoms. The Hall–Kier alpha value is -1.93. The predicted octanol–water partition coefficient (Wildman–Crippen LogP) is 0.865. The minimum Gasteiger partial charge on any atom is -0.353 e. The number of hydrogen-bond acceptors (Lipinski definition) is 3. The molecule has 0 bridgehead atoms. The van der Waals surface area contributed by atoms with Gasteiger partial charge in [0.15, 0.2) is 0 Å². The standard InChI is InChI=1S/C14H16F2N4O2.ClH/c15-14(16)7-10(18-8-14)12(21)17-5-6-20-11-4-2-1-3-9(11)19-13(20)22;/h1-4,10,18H,5-8H2,(H,17,21)(H,19,22);1H. The summed E-state index contributed by atoms with van der Waals surface area (Å²) in [6.07, 6.45) is -0.494. The highest BCUT2D eigenvalue weighted by atomic mass is 35.5.